The number of amides is 2. The van der Waals surface area contributed by atoms with Gasteiger partial charge in [0.2, 0.25) is 11.8 Å². The van der Waals surface area contributed by atoms with Gasteiger partial charge in [-0.3, -0.25) is 24.3 Å². The molecule has 0 fully saturated rings. The number of nitrogens with zero attached hydrogens (tertiary/aromatic N) is 5. The first-order chi connectivity index (χ1) is 18.2. The molecule has 0 unspecified atom stereocenters. The molecule has 0 aliphatic carbocycles. The Hall–Kier alpha value is -3.66. The van der Waals surface area contributed by atoms with E-state index in [0.29, 0.717) is 54.3 Å². The number of carbonyl (C=O) groups excluding carboxylic acids is 2. The number of hydrogen-bond donors (Lipinski definition) is 0. The number of aryl methyl sites for hydroxylation is 2. The highest BCUT2D eigenvalue weighted by atomic mass is 35.5. The third-order valence-electron chi connectivity index (χ3n) is 7.17. The molecule has 3 aromatic heterocycles. The largest absolute Gasteiger partial charge is 0.461 e. The van der Waals surface area contributed by atoms with Gasteiger partial charge in [-0.1, -0.05) is 12.1 Å². The van der Waals surface area contributed by atoms with E-state index in [2.05, 4.69) is 16.0 Å². The lowest BCUT2D eigenvalue weighted by Gasteiger charge is -2.26. The number of rotatable bonds is 7. The maximum absolute atomic E-state index is 13.0. The summed E-state index contributed by atoms with van der Waals surface area (Å²) in [5.74, 6) is 0.254. The summed E-state index contributed by atoms with van der Waals surface area (Å²) in [6.45, 7) is 6.17. The van der Waals surface area contributed by atoms with Crippen molar-refractivity contribution in [2.24, 2.45) is 0 Å². The maximum atomic E-state index is 13.0. The van der Waals surface area contributed by atoms with E-state index in [-0.39, 0.29) is 48.6 Å². The summed E-state index contributed by atoms with van der Waals surface area (Å²) < 4.78 is 7.31. The Morgan fingerprint density at radius 2 is 1.65 bits per heavy atom. The fourth-order valence-corrected chi connectivity index (χ4v) is 4.88. The fraction of sp³-hybridized carbons (Fsp3) is 0.310. The fourth-order valence-electron chi connectivity index (χ4n) is 4.88. The van der Waals surface area contributed by atoms with Crippen molar-refractivity contribution in [2.45, 2.75) is 39.9 Å². The van der Waals surface area contributed by atoms with Crippen LogP contribution in [0.3, 0.4) is 0 Å². The lowest BCUT2D eigenvalue weighted by atomic mass is 10.1. The van der Waals surface area contributed by atoms with Crippen LogP contribution in [0.1, 0.15) is 29.0 Å². The lowest BCUT2D eigenvalue weighted by Crippen LogP contribution is -2.31. The molecule has 11 heteroatoms. The van der Waals surface area contributed by atoms with E-state index in [1.807, 2.05) is 44.2 Å². The number of furan rings is 1. The van der Waals surface area contributed by atoms with Crippen LogP contribution in [0.2, 0.25) is 0 Å². The number of fused-ring (bicyclic) bond motifs is 2. The molecule has 212 valence electrons. The Morgan fingerprint density at radius 1 is 0.925 bits per heavy atom. The predicted octanol–water partition coefficient (Wildman–Crippen LogP) is 4.48. The molecule has 2 amide bonds. The Kier molecular flexibility index (Phi) is 9.78. The van der Waals surface area contributed by atoms with Crippen molar-refractivity contribution in [3.63, 3.8) is 0 Å². The summed E-state index contributed by atoms with van der Waals surface area (Å²) in [7, 11) is 3.40. The van der Waals surface area contributed by atoms with Crippen LogP contribution in [-0.2, 0) is 29.2 Å². The third-order valence-corrected chi connectivity index (χ3v) is 7.17. The van der Waals surface area contributed by atoms with Gasteiger partial charge in [0.1, 0.15) is 17.8 Å². The SMILES string of the molecule is Cc1cc2c(=O)n(CCN(Cc3ccc4c(c3)N(C)C(=O)CC(=O)N4C)Cc3cccnc3C)ccc2o1.Cl.Cl. The van der Waals surface area contributed by atoms with E-state index in [4.69, 9.17) is 4.42 Å². The highest BCUT2D eigenvalue weighted by Gasteiger charge is 2.27. The van der Waals surface area contributed by atoms with Gasteiger partial charge in [-0.25, -0.2) is 0 Å². The average Bonchev–Trinajstić information content (AvgIpc) is 3.26. The van der Waals surface area contributed by atoms with E-state index >= 15 is 0 Å². The summed E-state index contributed by atoms with van der Waals surface area (Å²) in [5, 5.41) is 0.580. The van der Waals surface area contributed by atoms with Gasteiger partial charge in [0.15, 0.2) is 0 Å². The topological polar surface area (TPSA) is 91.9 Å². The summed E-state index contributed by atoms with van der Waals surface area (Å²) in [6, 6.07) is 13.4. The van der Waals surface area contributed by atoms with E-state index in [9.17, 15) is 14.4 Å². The molecule has 0 saturated heterocycles. The van der Waals surface area contributed by atoms with Crippen LogP contribution in [0.4, 0.5) is 11.4 Å². The van der Waals surface area contributed by atoms with E-state index in [0.717, 1.165) is 16.8 Å². The molecule has 0 spiro atoms. The van der Waals surface area contributed by atoms with Crippen LogP contribution >= 0.6 is 24.8 Å². The molecule has 0 N–H and O–H groups in total. The third kappa shape index (κ3) is 6.22. The quantitative estimate of drug-likeness (QED) is 0.297. The van der Waals surface area contributed by atoms with Crippen LogP contribution in [0.15, 0.2) is 64.1 Å². The highest BCUT2D eigenvalue weighted by molar-refractivity contribution is 6.14. The average molecular weight is 587 g/mol. The van der Waals surface area contributed by atoms with Crippen LogP contribution in [0.25, 0.3) is 11.0 Å². The van der Waals surface area contributed by atoms with Crippen molar-refractivity contribution in [3.8, 4) is 0 Å². The second-order valence-electron chi connectivity index (χ2n) is 9.81. The predicted molar refractivity (Wildman–Crippen MR) is 161 cm³/mol. The molecule has 0 atom stereocenters. The maximum Gasteiger partial charge on any atom is 0.261 e. The second-order valence-corrected chi connectivity index (χ2v) is 9.81. The van der Waals surface area contributed by atoms with Crippen molar-refractivity contribution in [1.29, 1.82) is 0 Å². The van der Waals surface area contributed by atoms with Crippen LogP contribution in [-0.4, -0.2) is 46.9 Å². The molecule has 0 saturated carbocycles. The first kappa shape index (κ1) is 30.9. The van der Waals surface area contributed by atoms with Crippen LogP contribution < -0.4 is 15.4 Å². The molecule has 5 rings (SSSR count). The summed E-state index contributed by atoms with van der Waals surface area (Å²) in [6.07, 6.45) is 3.40. The number of anilines is 2. The van der Waals surface area contributed by atoms with Crippen molar-refractivity contribution >= 4 is 59.0 Å². The molecule has 1 aliphatic rings. The highest BCUT2D eigenvalue weighted by Crippen LogP contribution is 2.33. The monoisotopic (exact) mass is 585 g/mol. The Morgan fingerprint density at radius 3 is 2.38 bits per heavy atom. The van der Waals surface area contributed by atoms with Crippen molar-refractivity contribution < 1.29 is 14.0 Å². The normalized spacial score (nSPS) is 13.2. The number of halogens is 2. The molecule has 0 radical (unpaired) electrons. The molecule has 1 aliphatic heterocycles. The van der Waals surface area contributed by atoms with Gasteiger partial charge in [-0.2, -0.15) is 0 Å². The summed E-state index contributed by atoms with van der Waals surface area (Å²) in [4.78, 5) is 47.8. The van der Waals surface area contributed by atoms with Gasteiger partial charge >= 0.3 is 0 Å². The minimum Gasteiger partial charge on any atom is -0.461 e. The van der Waals surface area contributed by atoms with Crippen LogP contribution in [0, 0.1) is 13.8 Å². The van der Waals surface area contributed by atoms with Gasteiger partial charge in [0.05, 0.1) is 16.8 Å². The Bertz CT molecular complexity index is 1600. The minimum atomic E-state index is -0.232. The standard InChI is InChI=1S/C29H31N5O4.2ClH/c1-19-14-23-26(38-19)9-11-34(29(23)37)13-12-33(18-22-6-5-10-30-20(22)2)17-21-7-8-24-25(15-21)32(4)28(36)16-27(35)31(24)3;;/h5-11,14-15H,12-13,16-18H2,1-4H3;2*1H. The van der Waals surface area contributed by atoms with Crippen molar-refractivity contribution in [3.05, 3.63) is 87.8 Å². The van der Waals surface area contributed by atoms with Gasteiger partial charge in [0, 0.05) is 58.4 Å². The minimum absolute atomic E-state index is 0. The van der Waals surface area contributed by atoms with Crippen molar-refractivity contribution in [2.75, 3.05) is 30.4 Å². The van der Waals surface area contributed by atoms with Gasteiger partial charge in [0.25, 0.3) is 5.56 Å². The zero-order valence-corrected chi connectivity index (χ0v) is 24.6. The van der Waals surface area contributed by atoms with E-state index in [1.54, 1.807) is 42.0 Å². The van der Waals surface area contributed by atoms with E-state index < -0.39 is 0 Å². The first-order valence-corrected chi connectivity index (χ1v) is 12.6. The summed E-state index contributed by atoms with van der Waals surface area (Å²) in [5.41, 5.74) is 4.99. The molecule has 4 aromatic rings. The first-order valence-electron chi connectivity index (χ1n) is 12.6. The number of carbonyl (C=O) groups is 2. The molecule has 9 nitrogen and oxygen atoms in total. The van der Waals surface area contributed by atoms with Crippen LogP contribution in [0.5, 0.6) is 0 Å². The molecule has 40 heavy (non-hydrogen) atoms. The zero-order valence-electron chi connectivity index (χ0n) is 22.9. The smallest absolute Gasteiger partial charge is 0.261 e. The molecule has 4 heterocycles. The Labute approximate surface area is 245 Å². The van der Waals surface area contributed by atoms with E-state index in [1.165, 1.54) is 4.90 Å². The van der Waals surface area contributed by atoms with Crippen molar-refractivity contribution in [1.82, 2.24) is 14.5 Å². The molecule has 1 aromatic carbocycles. The summed E-state index contributed by atoms with van der Waals surface area (Å²) >= 11 is 0. The number of aromatic nitrogens is 2. The number of hydrogen-bond acceptors (Lipinski definition) is 6. The number of benzene rings is 1. The van der Waals surface area contributed by atoms with Gasteiger partial charge in [-0.05, 0) is 55.3 Å². The molecular weight excluding hydrogens is 553 g/mol. The number of pyridine rings is 2. The second kappa shape index (κ2) is 12.7. The Balaban J connectivity index is 0.00000220. The van der Waals surface area contributed by atoms with Gasteiger partial charge in [-0.15, -0.1) is 24.8 Å². The molecule has 0 bridgehead atoms. The zero-order chi connectivity index (χ0) is 27.0. The molecular formula is C29H33Cl2N5O4. The van der Waals surface area contributed by atoms with Gasteiger partial charge < -0.3 is 18.8 Å². The lowest BCUT2D eigenvalue weighted by molar-refractivity contribution is -0.125.